The first-order valence-electron chi connectivity index (χ1n) is 6.83. The Hall–Kier alpha value is 0.170. The maximum atomic E-state index is 5.86. The molecule has 0 aromatic carbocycles. The van der Waals surface area contributed by atoms with E-state index in [1.54, 1.807) is 0 Å². The highest BCUT2D eigenvalue weighted by atomic mass is 35.5. The first kappa shape index (κ1) is 13.6. The summed E-state index contributed by atoms with van der Waals surface area (Å²) in [6.45, 7) is 6.15. The monoisotopic (exact) mass is 261 g/mol. The summed E-state index contributed by atoms with van der Waals surface area (Å²) >= 11 is 5.86. The van der Waals surface area contributed by atoms with Gasteiger partial charge in [-0.25, -0.2) is 0 Å². The number of halogens is 1. The van der Waals surface area contributed by atoms with Gasteiger partial charge in [-0.3, -0.25) is 4.90 Å². The number of ether oxygens (including phenoxy) is 2. The number of rotatable bonds is 5. The summed E-state index contributed by atoms with van der Waals surface area (Å²) in [5.41, 5.74) is 0. The lowest BCUT2D eigenvalue weighted by Gasteiger charge is -2.37. The molecule has 100 valence electrons. The summed E-state index contributed by atoms with van der Waals surface area (Å²) in [7, 11) is 0. The molecule has 0 spiro atoms. The van der Waals surface area contributed by atoms with Gasteiger partial charge in [0.1, 0.15) is 0 Å². The predicted molar refractivity (Wildman–Crippen MR) is 69.7 cm³/mol. The highest BCUT2D eigenvalue weighted by Crippen LogP contribution is 2.18. The Labute approximate surface area is 109 Å². The van der Waals surface area contributed by atoms with Crippen LogP contribution >= 0.6 is 11.6 Å². The van der Waals surface area contributed by atoms with Crippen LogP contribution in [0.3, 0.4) is 0 Å². The quantitative estimate of drug-likeness (QED) is 0.709. The Morgan fingerprint density at radius 2 is 2.18 bits per heavy atom. The molecule has 0 bridgehead atoms. The first-order chi connectivity index (χ1) is 8.29. The molecule has 0 aromatic rings. The van der Waals surface area contributed by atoms with Crippen molar-refractivity contribution in [2.75, 3.05) is 32.2 Å². The lowest BCUT2D eigenvalue weighted by atomic mass is 10.1. The second-order valence-electron chi connectivity index (χ2n) is 5.23. The molecule has 17 heavy (non-hydrogen) atoms. The van der Waals surface area contributed by atoms with E-state index >= 15 is 0 Å². The van der Waals surface area contributed by atoms with Crippen molar-refractivity contribution in [1.29, 1.82) is 0 Å². The molecule has 4 heteroatoms. The number of hydrogen-bond acceptors (Lipinski definition) is 3. The van der Waals surface area contributed by atoms with Crippen LogP contribution < -0.4 is 0 Å². The summed E-state index contributed by atoms with van der Waals surface area (Å²) in [4.78, 5) is 2.51. The van der Waals surface area contributed by atoms with E-state index in [1.165, 1.54) is 25.7 Å². The van der Waals surface area contributed by atoms with E-state index in [-0.39, 0.29) is 6.10 Å². The minimum Gasteiger partial charge on any atom is -0.378 e. The molecule has 0 aromatic heterocycles. The fourth-order valence-electron chi connectivity index (χ4n) is 2.67. The number of nitrogens with zero attached hydrogens (tertiary/aromatic N) is 1. The zero-order chi connectivity index (χ0) is 12.1. The summed E-state index contributed by atoms with van der Waals surface area (Å²) in [5.74, 6) is 0.606. The van der Waals surface area contributed by atoms with Gasteiger partial charge in [-0.2, -0.15) is 0 Å². The largest absolute Gasteiger partial charge is 0.378 e. The van der Waals surface area contributed by atoms with Crippen LogP contribution in [0.4, 0.5) is 0 Å². The maximum absolute atomic E-state index is 5.86. The van der Waals surface area contributed by atoms with E-state index in [9.17, 15) is 0 Å². The summed E-state index contributed by atoms with van der Waals surface area (Å²) in [6, 6.07) is 0.527. The highest BCUT2D eigenvalue weighted by molar-refractivity contribution is 6.18. The minimum atomic E-state index is 0.218. The van der Waals surface area contributed by atoms with Gasteiger partial charge in [0.2, 0.25) is 0 Å². The van der Waals surface area contributed by atoms with Crippen LogP contribution in [0.25, 0.3) is 0 Å². The topological polar surface area (TPSA) is 21.7 Å². The molecular formula is C13H24ClNO2. The Morgan fingerprint density at radius 3 is 2.88 bits per heavy atom. The van der Waals surface area contributed by atoms with Gasteiger partial charge in [-0.15, -0.1) is 11.6 Å². The van der Waals surface area contributed by atoms with E-state index in [1.807, 2.05) is 0 Å². The van der Waals surface area contributed by atoms with Crippen LogP contribution in [0.5, 0.6) is 0 Å². The third-order valence-corrected chi connectivity index (χ3v) is 4.15. The third kappa shape index (κ3) is 4.09. The zero-order valence-corrected chi connectivity index (χ0v) is 11.5. The Bertz CT molecular complexity index is 221. The Balaban J connectivity index is 1.65. The van der Waals surface area contributed by atoms with E-state index in [0.29, 0.717) is 18.0 Å². The smallest absolute Gasteiger partial charge is 0.0837 e. The molecule has 0 aliphatic carbocycles. The average Bonchev–Trinajstić information content (AvgIpc) is 2.84. The van der Waals surface area contributed by atoms with Gasteiger partial charge < -0.3 is 9.47 Å². The van der Waals surface area contributed by atoms with Crippen molar-refractivity contribution in [1.82, 2.24) is 4.90 Å². The molecule has 2 aliphatic rings. The van der Waals surface area contributed by atoms with Crippen LogP contribution in [0.2, 0.25) is 0 Å². The van der Waals surface area contributed by atoms with Gasteiger partial charge in [0, 0.05) is 25.1 Å². The zero-order valence-electron chi connectivity index (χ0n) is 10.7. The summed E-state index contributed by atoms with van der Waals surface area (Å²) in [5, 5.41) is 0. The van der Waals surface area contributed by atoms with Crippen molar-refractivity contribution in [3.05, 3.63) is 0 Å². The molecule has 3 atom stereocenters. The highest BCUT2D eigenvalue weighted by Gasteiger charge is 2.25. The molecule has 2 heterocycles. The second kappa shape index (κ2) is 6.93. The SMILES string of the molecule is CC1COC(CCl)CN1CCCC1CCCO1. The predicted octanol–water partition coefficient (Wildman–Crippen LogP) is 2.27. The molecular weight excluding hydrogens is 238 g/mol. The van der Waals surface area contributed by atoms with Gasteiger partial charge in [0.05, 0.1) is 18.8 Å². The van der Waals surface area contributed by atoms with Gasteiger partial charge in [-0.05, 0) is 39.2 Å². The number of morpholine rings is 1. The minimum absolute atomic E-state index is 0.218. The van der Waals surface area contributed by atoms with Crippen LogP contribution in [-0.2, 0) is 9.47 Å². The molecule has 2 saturated heterocycles. The van der Waals surface area contributed by atoms with E-state index in [2.05, 4.69) is 11.8 Å². The summed E-state index contributed by atoms with van der Waals surface area (Å²) < 4.78 is 11.3. The van der Waals surface area contributed by atoms with Gasteiger partial charge in [0.15, 0.2) is 0 Å². The Kier molecular flexibility index (Phi) is 5.54. The van der Waals surface area contributed by atoms with Crippen LogP contribution in [0.15, 0.2) is 0 Å². The van der Waals surface area contributed by atoms with Crippen molar-refractivity contribution in [2.24, 2.45) is 0 Å². The molecule has 0 amide bonds. The molecule has 0 saturated carbocycles. The fraction of sp³-hybridized carbons (Fsp3) is 1.00. The molecule has 2 fully saturated rings. The molecule has 2 aliphatic heterocycles. The van der Waals surface area contributed by atoms with Crippen molar-refractivity contribution in [2.45, 2.75) is 50.9 Å². The number of hydrogen-bond donors (Lipinski definition) is 0. The lowest BCUT2D eigenvalue weighted by Crippen LogP contribution is -2.49. The van der Waals surface area contributed by atoms with Crippen molar-refractivity contribution in [3.63, 3.8) is 0 Å². The molecule has 2 rings (SSSR count). The molecule has 3 unspecified atom stereocenters. The van der Waals surface area contributed by atoms with Gasteiger partial charge >= 0.3 is 0 Å². The van der Waals surface area contributed by atoms with Gasteiger partial charge in [0.25, 0.3) is 0 Å². The second-order valence-corrected chi connectivity index (χ2v) is 5.54. The lowest BCUT2D eigenvalue weighted by molar-refractivity contribution is -0.0489. The standard InChI is InChI=1S/C13H24ClNO2/c1-11-10-17-13(8-14)9-15(11)6-2-4-12-5-3-7-16-12/h11-13H,2-10H2,1H3. The van der Waals surface area contributed by atoms with Gasteiger partial charge in [-0.1, -0.05) is 0 Å². The molecule has 0 N–H and O–H groups in total. The maximum Gasteiger partial charge on any atom is 0.0837 e. The molecule has 3 nitrogen and oxygen atoms in total. The summed E-state index contributed by atoms with van der Waals surface area (Å²) in [6.07, 6.45) is 5.67. The number of alkyl halides is 1. The van der Waals surface area contributed by atoms with E-state index < -0.39 is 0 Å². The van der Waals surface area contributed by atoms with E-state index in [0.717, 1.165) is 26.3 Å². The van der Waals surface area contributed by atoms with Crippen molar-refractivity contribution >= 4 is 11.6 Å². The molecule has 0 radical (unpaired) electrons. The van der Waals surface area contributed by atoms with Crippen LogP contribution in [-0.4, -0.2) is 55.3 Å². The van der Waals surface area contributed by atoms with Crippen LogP contribution in [0, 0.1) is 0 Å². The fourth-order valence-corrected chi connectivity index (χ4v) is 2.86. The van der Waals surface area contributed by atoms with Crippen LogP contribution in [0.1, 0.15) is 32.6 Å². The van der Waals surface area contributed by atoms with Crippen molar-refractivity contribution < 1.29 is 9.47 Å². The van der Waals surface area contributed by atoms with E-state index in [4.69, 9.17) is 21.1 Å². The average molecular weight is 262 g/mol. The van der Waals surface area contributed by atoms with Crippen molar-refractivity contribution in [3.8, 4) is 0 Å². The first-order valence-corrected chi connectivity index (χ1v) is 7.36. The normalized spacial score (nSPS) is 35.3. The Morgan fingerprint density at radius 1 is 1.29 bits per heavy atom. The third-order valence-electron chi connectivity index (χ3n) is 3.80.